The van der Waals surface area contributed by atoms with E-state index in [1.54, 1.807) is 11.6 Å². The van der Waals surface area contributed by atoms with Gasteiger partial charge in [0.05, 0.1) is 0 Å². The Bertz CT molecular complexity index is 706. The van der Waals surface area contributed by atoms with Crippen molar-refractivity contribution in [3.63, 3.8) is 0 Å². The predicted molar refractivity (Wildman–Crippen MR) is 90.3 cm³/mol. The number of aromatic nitrogens is 1. The number of aryl methyl sites for hydroxylation is 2. The van der Waals surface area contributed by atoms with Crippen LogP contribution >= 0.6 is 12.6 Å². The first-order valence-corrected chi connectivity index (χ1v) is 7.74. The topological polar surface area (TPSA) is 34.0 Å². The summed E-state index contributed by atoms with van der Waals surface area (Å²) >= 11 is 4.45. The Balaban J connectivity index is 2.02. The molecule has 0 amide bonds. The van der Waals surface area contributed by atoms with Gasteiger partial charge in [-0.2, -0.15) is 0 Å². The molecule has 1 aliphatic carbocycles. The molecule has 1 aliphatic rings. The van der Waals surface area contributed by atoms with E-state index < -0.39 is 0 Å². The molecule has 0 bridgehead atoms. The lowest BCUT2D eigenvalue weighted by Gasteiger charge is -2.14. The molecule has 0 saturated heterocycles. The van der Waals surface area contributed by atoms with E-state index in [-0.39, 0.29) is 5.56 Å². The number of thiol groups is 1. The van der Waals surface area contributed by atoms with Crippen LogP contribution < -0.4 is 10.9 Å². The molecule has 4 heteroatoms. The number of hydrogen-bond donors (Lipinski definition) is 2. The van der Waals surface area contributed by atoms with Gasteiger partial charge in [0.1, 0.15) is 0 Å². The van der Waals surface area contributed by atoms with Crippen molar-refractivity contribution in [1.29, 1.82) is 0 Å². The average molecular weight is 300 g/mol. The highest BCUT2D eigenvalue weighted by atomic mass is 32.1. The van der Waals surface area contributed by atoms with Crippen LogP contribution in [-0.2, 0) is 7.05 Å². The van der Waals surface area contributed by atoms with Crippen LogP contribution in [0.1, 0.15) is 18.4 Å². The monoisotopic (exact) mass is 300 g/mol. The lowest BCUT2D eigenvalue weighted by atomic mass is 10.0. The van der Waals surface area contributed by atoms with Gasteiger partial charge in [0.15, 0.2) is 0 Å². The van der Waals surface area contributed by atoms with Crippen LogP contribution in [-0.4, -0.2) is 11.1 Å². The average Bonchev–Trinajstić information content (AvgIpc) is 3.27. The maximum Gasteiger partial charge on any atom is 0.253 e. The molecule has 1 aromatic carbocycles. The van der Waals surface area contributed by atoms with Crippen LogP contribution in [0.2, 0.25) is 0 Å². The molecule has 0 radical (unpaired) electrons. The fourth-order valence-electron chi connectivity index (χ4n) is 2.53. The fourth-order valence-corrected chi connectivity index (χ4v) is 2.73. The largest absolute Gasteiger partial charge is 0.384 e. The lowest BCUT2D eigenvalue weighted by Crippen LogP contribution is -2.18. The normalized spacial score (nSPS) is 14.2. The van der Waals surface area contributed by atoms with E-state index in [2.05, 4.69) is 30.1 Å². The second kappa shape index (κ2) is 5.60. The minimum atomic E-state index is 0.0493. The van der Waals surface area contributed by atoms with Gasteiger partial charge in [-0.1, -0.05) is 0 Å². The van der Waals surface area contributed by atoms with Crippen molar-refractivity contribution in [1.82, 2.24) is 4.57 Å². The minimum absolute atomic E-state index is 0.0493. The third-order valence-electron chi connectivity index (χ3n) is 3.95. The first kappa shape index (κ1) is 14.3. The zero-order valence-corrected chi connectivity index (χ0v) is 13.3. The summed E-state index contributed by atoms with van der Waals surface area (Å²) in [6, 6.07) is 8.07. The molecule has 1 aromatic heterocycles. The Morgan fingerprint density at radius 2 is 2.10 bits per heavy atom. The highest BCUT2D eigenvalue weighted by Crippen LogP contribution is 2.33. The Morgan fingerprint density at radius 3 is 2.76 bits per heavy atom. The second-order valence-corrected chi connectivity index (χ2v) is 6.40. The van der Waals surface area contributed by atoms with Crippen molar-refractivity contribution >= 4 is 18.3 Å². The molecule has 0 aliphatic heterocycles. The van der Waals surface area contributed by atoms with Crippen LogP contribution in [0.3, 0.4) is 0 Å². The van der Waals surface area contributed by atoms with Crippen molar-refractivity contribution in [3.05, 3.63) is 46.4 Å². The molecule has 110 valence electrons. The maximum atomic E-state index is 11.9. The molecule has 0 atom stereocenters. The number of nitrogens with one attached hydrogen (secondary N) is 1. The van der Waals surface area contributed by atoms with Crippen molar-refractivity contribution in [2.24, 2.45) is 13.0 Å². The highest BCUT2D eigenvalue weighted by molar-refractivity contribution is 7.80. The third-order valence-corrected chi connectivity index (χ3v) is 4.23. The molecule has 3 nitrogen and oxygen atoms in total. The molecule has 0 unspecified atom stereocenters. The summed E-state index contributed by atoms with van der Waals surface area (Å²) in [4.78, 5) is 12.8. The van der Waals surface area contributed by atoms with Gasteiger partial charge in [-0.05, 0) is 49.9 Å². The number of nitrogens with zero attached hydrogens (tertiary/aromatic N) is 1. The van der Waals surface area contributed by atoms with E-state index >= 15 is 0 Å². The predicted octanol–water partition coefficient (Wildman–Crippen LogP) is 3.47. The molecule has 1 saturated carbocycles. The molecular formula is C17H20N2OS. The Hall–Kier alpha value is -1.68. The van der Waals surface area contributed by atoms with Gasteiger partial charge in [0.25, 0.3) is 5.56 Å². The van der Waals surface area contributed by atoms with Gasteiger partial charge in [-0.25, -0.2) is 0 Å². The smallest absolute Gasteiger partial charge is 0.253 e. The Morgan fingerprint density at radius 1 is 1.33 bits per heavy atom. The molecule has 1 fully saturated rings. The highest BCUT2D eigenvalue weighted by Gasteiger charge is 2.21. The molecule has 1 heterocycles. The molecule has 3 rings (SSSR count). The van der Waals surface area contributed by atoms with E-state index in [9.17, 15) is 4.79 Å². The summed E-state index contributed by atoms with van der Waals surface area (Å²) in [6.45, 7) is 2.87. The fraction of sp³-hybridized carbons (Fsp3) is 0.353. The number of rotatable bonds is 4. The van der Waals surface area contributed by atoms with E-state index in [0.29, 0.717) is 0 Å². The number of anilines is 1. The molecule has 21 heavy (non-hydrogen) atoms. The van der Waals surface area contributed by atoms with Gasteiger partial charge in [-0.15, -0.1) is 12.6 Å². The summed E-state index contributed by atoms with van der Waals surface area (Å²) in [5.41, 5.74) is 4.06. The lowest BCUT2D eigenvalue weighted by molar-refractivity contribution is 0.850. The van der Waals surface area contributed by atoms with E-state index in [1.807, 2.05) is 25.3 Å². The van der Waals surface area contributed by atoms with Crippen LogP contribution in [0.4, 0.5) is 5.69 Å². The second-order valence-electron chi connectivity index (χ2n) is 5.88. The number of pyridine rings is 1. The third kappa shape index (κ3) is 3.16. The maximum absolute atomic E-state index is 11.9. The quantitative estimate of drug-likeness (QED) is 0.848. The summed E-state index contributed by atoms with van der Waals surface area (Å²) in [6.07, 6.45) is 4.54. The van der Waals surface area contributed by atoms with Gasteiger partial charge >= 0.3 is 0 Å². The van der Waals surface area contributed by atoms with Gasteiger partial charge < -0.3 is 9.88 Å². The zero-order valence-electron chi connectivity index (χ0n) is 12.4. The first-order chi connectivity index (χ1) is 10.0. The van der Waals surface area contributed by atoms with E-state index in [4.69, 9.17) is 0 Å². The van der Waals surface area contributed by atoms with E-state index in [1.165, 1.54) is 12.8 Å². The number of benzene rings is 1. The number of hydrogen-bond acceptors (Lipinski definition) is 3. The van der Waals surface area contributed by atoms with Crippen molar-refractivity contribution in [3.8, 4) is 11.1 Å². The van der Waals surface area contributed by atoms with Crippen molar-refractivity contribution in [2.75, 3.05) is 11.9 Å². The molecular weight excluding hydrogens is 280 g/mol. The first-order valence-electron chi connectivity index (χ1n) is 7.29. The van der Waals surface area contributed by atoms with Crippen LogP contribution in [0, 0.1) is 12.8 Å². The standard InChI is InChI=1S/C17H20N2OS/c1-11-7-13(10-19(2)17(11)20)15-8-14(21)5-6-16(15)18-9-12-3-4-12/h5-8,10,12,18,21H,3-4,9H2,1-2H3. The van der Waals surface area contributed by atoms with Crippen LogP contribution in [0.15, 0.2) is 40.2 Å². The SMILES string of the molecule is Cc1cc(-c2cc(S)ccc2NCC2CC2)cn(C)c1=O. The minimum Gasteiger partial charge on any atom is -0.384 e. The summed E-state index contributed by atoms with van der Waals surface area (Å²) < 4.78 is 1.64. The van der Waals surface area contributed by atoms with Crippen LogP contribution in [0.5, 0.6) is 0 Å². The summed E-state index contributed by atoms with van der Waals surface area (Å²) in [7, 11) is 1.79. The molecule has 2 aromatic rings. The molecule has 1 N–H and O–H groups in total. The van der Waals surface area contributed by atoms with Gasteiger partial charge in [0, 0.05) is 47.1 Å². The van der Waals surface area contributed by atoms with Crippen molar-refractivity contribution < 1.29 is 0 Å². The van der Waals surface area contributed by atoms with Crippen LogP contribution in [0.25, 0.3) is 11.1 Å². The summed E-state index contributed by atoms with van der Waals surface area (Å²) in [5.74, 6) is 0.815. The summed E-state index contributed by atoms with van der Waals surface area (Å²) in [5, 5.41) is 3.53. The zero-order chi connectivity index (χ0) is 15.0. The van der Waals surface area contributed by atoms with Gasteiger partial charge in [-0.3, -0.25) is 4.79 Å². The van der Waals surface area contributed by atoms with Gasteiger partial charge in [0.2, 0.25) is 0 Å². The van der Waals surface area contributed by atoms with Crippen molar-refractivity contribution in [2.45, 2.75) is 24.7 Å². The Labute approximate surface area is 130 Å². The molecule has 0 spiro atoms. The Kier molecular flexibility index (Phi) is 3.81. The van der Waals surface area contributed by atoms with E-state index in [0.717, 1.165) is 39.7 Å².